The predicted octanol–water partition coefficient (Wildman–Crippen LogP) is 6.21. The summed E-state index contributed by atoms with van der Waals surface area (Å²) in [4.78, 5) is 40.1. The van der Waals surface area contributed by atoms with E-state index in [1.54, 1.807) is 19.2 Å². The van der Waals surface area contributed by atoms with Crippen molar-refractivity contribution < 1.29 is 18.7 Å². The molecule has 50 heavy (non-hydrogen) atoms. The average Bonchev–Trinajstić information content (AvgIpc) is 3.77. The number of piperidine rings is 1. The number of ether oxygens (including phenoxy) is 1. The molecular formula is C39H42FN7O3. The Kier molecular flexibility index (Phi) is 9.69. The number of hydrogen-bond donors (Lipinski definition) is 2. The van der Waals surface area contributed by atoms with Gasteiger partial charge in [0.25, 0.3) is 5.91 Å². The normalized spacial score (nSPS) is 18.5. The molecule has 4 heterocycles. The Morgan fingerprint density at radius 2 is 1.70 bits per heavy atom. The number of carbonyl (C=O) groups is 2. The zero-order valence-electron chi connectivity index (χ0n) is 28.5. The number of rotatable bonds is 10. The summed E-state index contributed by atoms with van der Waals surface area (Å²) in [6, 6.07) is 20.2. The second-order valence-corrected chi connectivity index (χ2v) is 13.4. The number of methoxy groups -OCH3 is 1. The lowest BCUT2D eigenvalue weighted by Gasteiger charge is -2.33. The van der Waals surface area contributed by atoms with E-state index < -0.39 is 5.60 Å². The van der Waals surface area contributed by atoms with Crippen LogP contribution in [0.25, 0.3) is 33.5 Å². The Morgan fingerprint density at radius 1 is 0.980 bits per heavy atom. The van der Waals surface area contributed by atoms with Crippen LogP contribution in [0.5, 0.6) is 0 Å². The van der Waals surface area contributed by atoms with Gasteiger partial charge in [-0.3, -0.25) is 19.6 Å². The van der Waals surface area contributed by atoms with Crippen LogP contribution in [0.15, 0.2) is 79.1 Å². The molecule has 5 aromatic rings. The third kappa shape index (κ3) is 7.01. The van der Waals surface area contributed by atoms with Crippen molar-refractivity contribution in [2.24, 2.45) is 0 Å². The van der Waals surface area contributed by atoms with E-state index in [4.69, 9.17) is 4.74 Å². The van der Waals surface area contributed by atoms with E-state index in [1.165, 1.54) is 17.7 Å². The number of amides is 2. The molecule has 2 aromatic heterocycles. The van der Waals surface area contributed by atoms with Gasteiger partial charge in [0.15, 0.2) is 11.4 Å². The second-order valence-electron chi connectivity index (χ2n) is 13.4. The molecule has 258 valence electrons. The van der Waals surface area contributed by atoms with Crippen LogP contribution in [0.2, 0.25) is 0 Å². The Hall–Kier alpha value is -5.00. The van der Waals surface area contributed by atoms with Crippen LogP contribution in [0.4, 0.5) is 10.1 Å². The Labute approximate surface area is 291 Å². The highest BCUT2D eigenvalue weighted by atomic mass is 19.1. The molecule has 2 amide bonds. The minimum absolute atomic E-state index is 0.0773. The van der Waals surface area contributed by atoms with Gasteiger partial charge in [0.2, 0.25) is 5.91 Å². The summed E-state index contributed by atoms with van der Waals surface area (Å²) in [6.45, 7) is 4.70. The summed E-state index contributed by atoms with van der Waals surface area (Å²) < 4.78 is 19.3. The molecule has 2 fully saturated rings. The average molecular weight is 676 g/mol. The van der Waals surface area contributed by atoms with E-state index in [-0.39, 0.29) is 24.2 Å². The molecule has 0 bridgehead atoms. The first kappa shape index (κ1) is 33.5. The van der Waals surface area contributed by atoms with Crippen molar-refractivity contribution in [3.05, 3.63) is 96.1 Å². The zero-order chi connectivity index (χ0) is 34.7. The van der Waals surface area contributed by atoms with Gasteiger partial charge in [-0.15, -0.1) is 0 Å². The summed E-state index contributed by atoms with van der Waals surface area (Å²) in [5.74, 6) is 0.634. The van der Waals surface area contributed by atoms with Crippen molar-refractivity contribution in [1.29, 1.82) is 0 Å². The van der Waals surface area contributed by atoms with Crippen LogP contribution in [0.3, 0.4) is 0 Å². The van der Waals surface area contributed by atoms with Gasteiger partial charge in [0.05, 0.1) is 17.8 Å². The number of aryl methyl sites for hydroxylation is 1. The number of nitrogens with one attached hydrogen (secondary N) is 2. The number of nitrogens with zero attached hydrogens (tertiary/aromatic N) is 5. The first-order chi connectivity index (χ1) is 24.3. The van der Waals surface area contributed by atoms with E-state index >= 15 is 0 Å². The SMILES string of the molecule is CCCc1cnc(-c2ccc(C3CCN(C(=O)CN4CCC(OC)(C(=O)Nc5ccc6[nH]nc(-c7ccc(F)cc7)c6c5)C4)CC3)cc2)nc1. The Balaban J connectivity index is 0.921. The van der Waals surface area contributed by atoms with Crippen molar-refractivity contribution in [3.8, 4) is 22.6 Å². The van der Waals surface area contributed by atoms with E-state index in [0.717, 1.165) is 59.1 Å². The highest BCUT2D eigenvalue weighted by molar-refractivity contribution is 6.01. The van der Waals surface area contributed by atoms with Crippen LogP contribution >= 0.6 is 0 Å². The maximum absolute atomic E-state index is 13.6. The second kappa shape index (κ2) is 14.5. The molecule has 1 unspecified atom stereocenters. The molecular weight excluding hydrogens is 633 g/mol. The van der Waals surface area contributed by atoms with Crippen LogP contribution in [0, 0.1) is 5.82 Å². The first-order valence-electron chi connectivity index (χ1n) is 17.4. The van der Waals surface area contributed by atoms with Crippen LogP contribution in [-0.2, 0) is 20.7 Å². The first-order valence-corrected chi connectivity index (χ1v) is 17.4. The monoisotopic (exact) mass is 675 g/mol. The van der Waals surface area contributed by atoms with Gasteiger partial charge >= 0.3 is 0 Å². The number of anilines is 1. The summed E-state index contributed by atoms with van der Waals surface area (Å²) in [5.41, 5.74) is 5.20. The van der Waals surface area contributed by atoms with Crippen LogP contribution in [-0.4, -0.2) is 87.2 Å². The molecule has 7 rings (SSSR count). The molecule has 1 atom stereocenters. The van der Waals surface area contributed by atoms with E-state index in [1.807, 2.05) is 40.4 Å². The molecule has 10 nitrogen and oxygen atoms in total. The summed E-state index contributed by atoms with van der Waals surface area (Å²) in [5, 5.41) is 11.2. The standard InChI is InChI=1S/C39H42FN7O3/c1-3-4-26-22-41-37(42-23-26)30-7-5-27(6-8-30)28-15-18-47(19-16-28)35(48)24-46-20-17-39(25-46,50-2)38(49)43-32-13-14-34-33(21-32)36(45-44-34)29-9-11-31(40)12-10-29/h5-14,21-23,28H,3-4,15-20,24-25H2,1-2H3,(H,43,49)(H,44,45). The van der Waals surface area contributed by atoms with Crippen LogP contribution in [0.1, 0.15) is 49.7 Å². The van der Waals surface area contributed by atoms with Gasteiger partial charge in [-0.1, -0.05) is 37.6 Å². The molecule has 0 radical (unpaired) electrons. The van der Waals surface area contributed by atoms with Gasteiger partial charge in [-0.2, -0.15) is 5.10 Å². The fraction of sp³-hybridized carbons (Fsp3) is 0.359. The largest absolute Gasteiger partial charge is 0.367 e. The number of H-pyrrole nitrogens is 1. The highest BCUT2D eigenvalue weighted by Crippen LogP contribution is 2.32. The van der Waals surface area contributed by atoms with Gasteiger partial charge < -0.3 is 15.0 Å². The molecule has 3 aromatic carbocycles. The number of halogens is 1. The van der Waals surface area contributed by atoms with Crippen molar-refractivity contribution in [2.75, 3.05) is 45.2 Å². The smallest absolute Gasteiger partial charge is 0.258 e. The lowest BCUT2D eigenvalue weighted by molar-refractivity contribution is -0.138. The minimum Gasteiger partial charge on any atom is -0.367 e. The minimum atomic E-state index is -1.08. The van der Waals surface area contributed by atoms with Crippen molar-refractivity contribution in [3.63, 3.8) is 0 Å². The van der Waals surface area contributed by atoms with Crippen molar-refractivity contribution >= 4 is 28.4 Å². The number of likely N-dealkylation sites (tertiary alicyclic amines) is 2. The third-order valence-corrected chi connectivity index (χ3v) is 10.1. The zero-order valence-corrected chi connectivity index (χ0v) is 28.5. The van der Waals surface area contributed by atoms with Crippen molar-refractivity contribution in [1.82, 2.24) is 30.0 Å². The van der Waals surface area contributed by atoms with E-state index in [9.17, 15) is 14.0 Å². The fourth-order valence-electron chi connectivity index (χ4n) is 7.18. The van der Waals surface area contributed by atoms with Crippen molar-refractivity contribution in [2.45, 2.75) is 50.5 Å². The fourth-order valence-corrected chi connectivity index (χ4v) is 7.18. The maximum atomic E-state index is 13.6. The predicted molar refractivity (Wildman–Crippen MR) is 191 cm³/mol. The summed E-state index contributed by atoms with van der Waals surface area (Å²) in [7, 11) is 1.55. The Bertz CT molecular complexity index is 1960. The molecule has 0 spiro atoms. The quantitative estimate of drug-likeness (QED) is 0.181. The topological polar surface area (TPSA) is 116 Å². The molecule has 2 saturated heterocycles. The van der Waals surface area contributed by atoms with Gasteiger partial charge in [0.1, 0.15) is 5.82 Å². The number of aromatic nitrogens is 4. The van der Waals surface area contributed by atoms with E-state index in [2.05, 4.69) is 56.7 Å². The van der Waals surface area contributed by atoms with Gasteiger partial charge in [0, 0.05) is 67.9 Å². The molecule has 0 saturated carbocycles. The van der Waals surface area contributed by atoms with Crippen LogP contribution < -0.4 is 5.32 Å². The maximum Gasteiger partial charge on any atom is 0.258 e. The number of fused-ring (bicyclic) bond motifs is 1. The molecule has 0 aliphatic carbocycles. The molecule has 2 aliphatic heterocycles. The highest BCUT2D eigenvalue weighted by Gasteiger charge is 2.45. The number of carbonyl (C=O) groups excluding carboxylic acids is 2. The Morgan fingerprint density at radius 3 is 2.40 bits per heavy atom. The molecule has 2 N–H and O–H groups in total. The molecule has 11 heteroatoms. The van der Waals surface area contributed by atoms with E-state index in [0.29, 0.717) is 49.9 Å². The number of benzene rings is 3. The lowest BCUT2D eigenvalue weighted by atomic mass is 9.89. The third-order valence-electron chi connectivity index (χ3n) is 10.1. The lowest BCUT2D eigenvalue weighted by Crippen LogP contribution is -2.48. The number of hydrogen-bond acceptors (Lipinski definition) is 7. The summed E-state index contributed by atoms with van der Waals surface area (Å²) >= 11 is 0. The number of aromatic amines is 1. The molecule has 2 aliphatic rings. The summed E-state index contributed by atoms with van der Waals surface area (Å²) in [6.07, 6.45) is 8.17. The van der Waals surface area contributed by atoms with Gasteiger partial charge in [-0.25, -0.2) is 14.4 Å². The van der Waals surface area contributed by atoms with Gasteiger partial charge in [-0.05, 0) is 85.2 Å².